The number of hydrogen-bond donors (Lipinski definition) is 2. The quantitative estimate of drug-likeness (QED) is 0.440. The average Bonchev–Trinajstić information content (AvgIpc) is 3.43. The van der Waals surface area contributed by atoms with Gasteiger partial charge in [-0.15, -0.1) is 0 Å². The number of anilines is 2. The van der Waals surface area contributed by atoms with Crippen molar-refractivity contribution in [2.75, 3.05) is 22.9 Å². The number of benzene rings is 1. The highest BCUT2D eigenvalue weighted by Crippen LogP contribution is 2.42. The molecular formula is C26H35N9. The van der Waals surface area contributed by atoms with Crippen LogP contribution in [0.4, 0.5) is 11.9 Å². The van der Waals surface area contributed by atoms with Crippen molar-refractivity contribution in [3.8, 4) is 0 Å². The van der Waals surface area contributed by atoms with E-state index in [9.17, 15) is 0 Å². The molecule has 0 unspecified atom stereocenters. The zero-order valence-electron chi connectivity index (χ0n) is 21.3. The molecule has 0 spiro atoms. The Morgan fingerprint density at radius 2 is 1.86 bits per heavy atom. The minimum atomic E-state index is 0.199. The van der Waals surface area contributed by atoms with Crippen LogP contribution in [0.1, 0.15) is 63.4 Å². The van der Waals surface area contributed by atoms with Crippen LogP contribution in [0.25, 0.3) is 16.7 Å². The van der Waals surface area contributed by atoms with Gasteiger partial charge in [-0.2, -0.15) is 19.6 Å². The standard InChI is InChI=1S/C26H35N9/c1-15(2)34(14-23-29-21-9-6-16(3)10-22(21)30-23)26-32-25(33-12-17(4)28-18(5)13-33)31-24-20(19-7-8-19)11-27-35(24)26/h6,9-11,15,17-19,28H,7-8,12-14H2,1-5H3,(H,29,30)/t17-,18+. The van der Waals surface area contributed by atoms with Crippen molar-refractivity contribution >= 4 is 28.6 Å². The minimum absolute atomic E-state index is 0.199. The molecule has 6 rings (SSSR count). The van der Waals surface area contributed by atoms with E-state index in [2.05, 4.69) is 72.9 Å². The minimum Gasteiger partial charge on any atom is -0.340 e. The Kier molecular flexibility index (Phi) is 5.40. The SMILES string of the molecule is Cc1ccc2nc(CN(c3nc(N4C[C@@H](C)N[C@@H](C)C4)nc4c(C5CC5)cnn34)C(C)C)[nH]c2c1. The molecule has 4 heterocycles. The van der Waals surface area contributed by atoms with Crippen LogP contribution in [0, 0.1) is 6.92 Å². The summed E-state index contributed by atoms with van der Waals surface area (Å²) in [6, 6.07) is 7.30. The van der Waals surface area contributed by atoms with E-state index in [-0.39, 0.29) is 6.04 Å². The Morgan fingerprint density at radius 3 is 2.57 bits per heavy atom. The Morgan fingerprint density at radius 1 is 1.09 bits per heavy atom. The van der Waals surface area contributed by atoms with E-state index in [1.54, 1.807) is 0 Å². The van der Waals surface area contributed by atoms with Gasteiger partial charge in [-0.1, -0.05) is 6.07 Å². The van der Waals surface area contributed by atoms with Crippen molar-refractivity contribution in [2.24, 2.45) is 0 Å². The largest absolute Gasteiger partial charge is 0.340 e. The van der Waals surface area contributed by atoms with Gasteiger partial charge in [0.05, 0.1) is 23.8 Å². The van der Waals surface area contributed by atoms with Gasteiger partial charge in [0.15, 0.2) is 5.65 Å². The molecule has 2 fully saturated rings. The van der Waals surface area contributed by atoms with E-state index in [1.807, 2.05) is 10.7 Å². The summed E-state index contributed by atoms with van der Waals surface area (Å²) >= 11 is 0. The zero-order valence-corrected chi connectivity index (χ0v) is 21.3. The van der Waals surface area contributed by atoms with Crippen LogP contribution in [-0.2, 0) is 6.54 Å². The Hall–Kier alpha value is -3.20. The summed E-state index contributed by atoms with van der Waals surface area (Å²) in [7, 11) is 0. The number of rotatable bonds is 6. The second kappa shape index (κ2) is 8.48. The van der Waals surface area contributed by atoms with E-state index < -0.39 is 0 Å². The predicted molar refractivity (Wildman–Crippen MR) is 139 cm³/mol. The fourth-order valence-electron chi connectivity index (χ4n) is 5.27. The summed E-state index contributed by atoms with van der Waals surface area (Å²) in [6.45, 7) is 13.3. The Balaban J connectivity index is 1.44. The zero-order chi connectivity index (χ0) is 24.3. The Bertz CT molecular complexity index is 1360. The third-order valence-electron chi connectivity index (χ3n) is 7.11. The number of H-pyrrole nitrogens is 1. The lowest BCUT2D eigenvalue weighted by Crippen LogP contribution is -2.54. The smallest absolute Gasteiger partial charge is 0.232 e. The van der Waals surface area contributed by atoms with Crippen LogP contribution in [-0.4, -0.2) is 60.8 Å². The van der Waals surface area contributed by atoms with Crippen LogP contribution in [0.15, 0.2) is 24.4 Å². The van der Waals surface area contributed by atoms with Gasteiger partial charge in [0.1, 0.15) is 5.82 Å². The lowest BCUT2D eigenvalue weighted by molar-refractivity contribution is 0.403. The lowest BCUT2D eigenvalue weighted by atomic mass is 10.1. The first-order valence-corrected chi connectivity index (χ1v) is 12.8. The third-order valence-corrected chi connectivity index (χ3v) is 7.11. The first kappa shape index (κ1) is 22.3. The molecule has 1 aromatic carbocycles. The summed E-state index contributed by atoms with van der Waals surface area (Å²) in [6.07, 6.45) is 4.43. The van der Waals surface area contributed by atoms with Gasteiger partial charge < -0.3 is 20.1 Å². The summed E-state index contributed by atoms with van der Waals surface area (Å²) in [4.78, 5) is 23.2. The van der Waals surface area contributed by atoms with Gasteiger partial charge in [0.25, 0.3) is 0 Å². The van der Waals surface area contributed by atoms with Crippen molar-refractivity contribution in [1.82, 2.24) is 34.9 Å². The number of aryl methyl sites for hydroxylation is 1. The van der Waals surface area contributed by atoms with Crippen molar-refractivity contribution in [3.63, 3.8) is 0 Å². The number of imidazole rings is 1. The van der Waals surface area contributed by atoms with E-state index in [1.165, 1.54) is 24.0 Å². The van der Waals surface area contributed by atoms with Crippen molar-refractivity contribution in [2.45, 2.75) is 78.0 Å². The third kappa shape index (κ3) is 4.22. The Labute approximate surface area is 206 Å². The number of fused-ring (bicyclic) bond motifs is 2. The molecule has 9 heteroatoms. The van der Waals surface area contributed by atoms with Crippen LogP contribution in [0.3, 0.4) is 0 Å². The van der Waals surface area contributed by atoms with E-state index in [4.69, 9.17) is 20.1 Å². The van der Waals surface area contributed by atoms with Crippen LogP contribution in [0.2, 0.25) is 0 Å². The molecule has 2 atom stereocenters. The number of nitrogens with zero attached hydrogens (tertiary/aromatic N) is 7. The fraction of sp³-hybridized carbons (Fsp3) is 0.538. The molecule has 2 aliphatic rings. The first-order valence-electron chi connectivity index (χ1n) is 12.8. The highest BCUT2D eigenvalue weighted by Gasteiger charge is 2.31. The second-order valence-electron chi connectivity index (χ2n) is 10.7. The van der Waals surface area contributed by atoms with E-state index >= 15 is 0 Å². The highest BCUT2D eigenvalue weighted by atomic mass is 15.4. The number of aromatic amines is 1. The highest BCUT2D eigenvalue weighted by molar-refractivity contribution is 5.75. The second-order valence-corrected chi connectivity index (χ2v) is 10.7. The molecule has 0 radical (unpaired) electrons. The van der Waals surface area contributed by atoms with Gasteiger partial charge in [0.2, 0.25) is 11.9 Å². The van der Waals surface area contributed by atoms with Gasteiger partial charge in [-0.25, -0.2) is 4.98 Å². The van der Waals surface area contributed by atoms with Gasteiger partial charge in [-0.3, -0.25) is 0 Å². The maximum absolute atomic E-state index is 5.14. The maximum Gasteiger partial charge on any atom is 0.232 e. The van der Waals surface area contributed by atoms with Crippen molar-refractivity contribution in [1.29, 1.82) is 0 Å². The molecule has 4 aromatic rings. The first-order chi connectivity index (χ1) is 16.9. The fourth-order valence-corrected chi connectivity index (χ4v) is 5.27. The van der Waals surface area contributed by atoms with E-state index in [0.29, 0.717) is 24.5 Å². The molecule has 1 saturated heterocycles. The summed E-state index contributed by atoms with van der Waals surface area (Å²) in [5.41, 5.74) is 5.46. The van der Waals surface area contributed by atoms with Crippen LogP contribution in [0.5, 0.6) is 0 Å². The molecule has 3 aromatic heterocycles. The van der Waals surface area contributed by atoms with Crippen LogP contribution < -0.4 is 15.1 Å². The predicted octanol–water partition coefficient (Wildman–Crippen LogP) is 3.79. The monoisotopic (exact) mass is 473 g/mol. The lowest BCUT2D eigenvalue weighted by Gasteiger charge is -2.36. The molecule has 1 aliphatic heterocycles. The van der Waals surface area contributed by atoms with Gasteiger partial charge in [-0.05, 0) is 71.1 Å². The molecule has 184 valence electrons. The normalized spacial score (nSPS) is 20.9. The van der Waals surface area contributed by atoms with Crippen molar-refractivity contribution < 1.29 is 0 Å². The van der Waals surface area contributed by atoms with Crippen LogP contribution >= 0.6 is 0 Å². The molecule has 9 nitrogen and oxygen atoms in total. The molecule has 0 amide bonds. The molecular weight excluding hydrogens is 438 g/mol. The molecule has 35 heavy (non-hydrogen) atoms. The van der Waals surface area contributed by atoms with E-state index in [0.717, 1.165) is 47.5 Å². The number of piperazine rings is 1. The summed E-state index contributed by atoms with van der Waals surface area (Å²) < 4.78 is 1.94. The number of nitrogens with one attached hydrogen (secondary N) is 2. The van der Waals surface area contributed by atoms with Gasteiger partial charge >= 0.3 is 0 Å². The summed E-state index contributed by atoms with van der Waals surface area (Å²) in [5, 5.41) is 8.40. The topological polar surface area (TPSA) is 90.3 Å². The molecule has 1 aliphatic carbocycles. The van der Waals surface area contributed by atoms with Gasteiger partial charge in [0, 0.05) is 36.8 Å². The molecule has 0 bridgehead atoms. The summed E-state index contributed by atoms with van der Waals surface area (Å²) in [5.74, 6) is 3.10. The average molecular weight is 474 g/mol. The molecule has 1 saturated carbocycles. The number of aromatic nitrogens is 6. The number of hydrogen-bond acceptors (Lipinski definition) is 7. The maximum atomic E-state index is 5.14. The van der Waals surface area contributed by atoms with Crippen molar-refractivity contribution in [3.05, 3.63) is 41.3 Å². The molecule has 2 N–H and O–H groups in total.